The number of carbonyl (C=O) groups excluding carboxylic acids is 1. The number of aromatic nitrogens is 3. The number of pyridine rings is 1. The molecule has 4 aromatic rings. The number of hydrogen-bond acceptors (Lipinski definition) is 4. The van der Waals surface area contributed by atoms with E-state index in [4.69, 9.17) is 4.98 Å². The summed E-state index contributed by atoms with van der Waals surface area (Å²) >= 11 is 1.56. The first-order valence-corrected chi connectivity index (χ1v) is 9.70. The first-order chi connectivity index (χ1) is 13.5. The number of aryl methyl sites for hydroxylation is 2. The molecule has 5 nitrogen and oxygen atoms in total. The molecule has 0 fully saturated rings. The van der Waals surface area contributed by atoms with Crippen LogP contribution in [0, 0.1) is 12.7 Å². The number of hydrogen-bond donors (Lipinski definition) is 0. The summed E-state index contributed by atoms with van der Waals surface area (Å²) in [5.41, 5.74) is 3.13. The highest BCUT2D eigenvalue weighted by molar-refractivity contribution is 7.13. The van der Waals surface area contributed by atoms with E-state index in [0.717, 1.165) is 21.7 Å². The van der Waals surface area contributed by atoms with Crippen molar-refractivity contribution in [2.24, 2.45) is 7.05 Å². The van der Waals surface area contributed by atoms with Crippen molar-refractivity contribution in [1.29, 1.82) is 0 Å². The molecule has 0 saturated carbocycles. The van der Waals surface area contributed by atoms with Gasteiger partial charge in [0, 0.05) is 26.2 Å². The van der Waals surface area contributed by atoms with Gasteiger partial charge in [0.15, 0.2) is 5.65 Å². The van der Waals surface area contributed by atoms with Gasteiger partial charge in [0.1, 0.15) is 5.82 Å². The van der Waals surface area contributed by atoms with E-state index in [1.165, 1.54) is 11.0 Å². The Morgan fingerprint density at radius 2 is 2.04 bits per heavy atom. The van der Waals surface area contributed by atoms with Gasteiger partial charge in [-0.15, -0.1) is 11.3 Å². The summed E-state index contributed by atoms with van der Waals surface area (Å²) in [5.74, 6) is -0.511. The maximum Gasteiger partial charge on any atom is 0.254 e. The lowest BCUT2D eigenvalue weighted by molar-refractivity contribution is 0.0785. The highest BCUT2D eigenvalue weighted by Crippen LogP contribution is 2.30. The molecule has 0 saturated heterocycles. The van der Waals surface area contributed by atoms with Crippen LogP contribution < -0.4 is 0 Å². The molecule has 0 aliphatic carbocycles. The number of rotatable bonds is 4. The summed E-state index contributed by atoms with van der Waals surface area (Å²) in [5, 5.41) is 7.14. The van der Waals surface area contributed by atoms with Crippen molar-refractivity contribution in [3.63, 3.8) is 0 Å². The van der Waals surface area contributed by atoms with Gasteiger partial charge in [0.2, 0.25) is 0 Å². The van der Waals surface area contributed by atoms with Gasteiger partial charge in [-0.05, 0) is 30.5 Å². The van der Waals surface area contributed by atoms with Gasteiger partial charge in [-0.3, -0.25) is 9.48 Å². The van der Waals surface area contributed by atoms with Gasteiger partial charge < -0.3 is 4.90 Å². The Morgan fingerprint density at radius 3 is 2.75 bits per heavy atom. The molecule has 1 amide bonds. The van der Waals surface area contributed by atoms with Crippen LogP contribution >= 0.6 is 11.3 Å². The van der Waals surface area contributed by atoms with E-state index in [2.05, 4.69) is 5.10 Å². The lowest BCUT2D eigenvalue weighted by atomic mass is 10.1. The highest BCUT2D eigenvalue weighted by Gasteiger charge is 2.22. The highest BCUT2D eigenvalue weighted by atomic mass is 32.1. The maximum atomic E-state index is 14.0. The zero-order valence-corrected chi connectivity index (χ0v) is 16.6. The van der Waals surface area contributed by atoms with Crippen molar-refractivity contribution < 1.29 is 9.18 Å². The van der Waals surface area contributed by atoms with Gasteiger partial charge in [0.05, 0.1) is 27.2 Å². The Morgan fingerprint density at radius 1 is 1.25 bits per heavy atom. The summed E-state index contributed by atoms with van der Waals surface area (Å²) < 4.78 is 15.7. The number of carbonyl (C=O) groups is 1. The fourth-order valence-corrected chi connectivity index (χ4v) is 4.01. The first-order valence-electron chi connectivity index (χ1n) is 8.83. The number of amides is 1. The molecule has 0 bridgehead atoms. The van der Waals surface area contributed by atoms with Crippen LogP contribution in [0.2, 0.25) is 0 Å². The molecule has 7 heteroatoms. The second kappa shape index (κ2) is 7.16. The standard InChI is InChI=1S/C21H19FN4OS/c1-13-19-15(21(27)25(2)12-14-7-4-5-8-16(14)22)11-17(18-9-6-10-28-18)23-20(19)26(3)24-13/h4-11H,12H2,1-3H3. The molecule has 0 N–H and O–H groups in total. The molecule has 28 heavy (non-hydrogen) atoms. The van der Waals surface area contributed by atoms with E-state index in [1.807, 2.05) is 37.6 Å². The quantitative estimate of drug-likeness (QED) is 0.515. The minimum atomic E-state index is -0.321. The van der Waals surface area contributed by atoms with Crippen molar-refractivity contribution in [3.8, 4) is 10.6 Å². The molecule has 4 rings (SSSR count). The molecule has 3 aromatic heterocycles. The topological polar surface area (TPSA) is 51.0 Å². The minimum Gasteiger partial charge on any atom is -0.337 e. The van der Waals surface area contributed by atoms with Crippen molar-refractivity contribution in [2.75, 3.05) is 7.05 Å². The number of halogens is 1. The van der Waals surface area contributed by atoms with Crippen LogP contribution in [0.25, 0.3) is 21.6 Å². The SMILES string of the molecule is Cc1nn(C)c2nc(-c3cccs3)cc(C(=O)N(C)Cc3ccccc3F)c12. The van der Waals surface area contributed by atoms with Crippen LogP contribution in [-0.4, -0.2) is 32.6 Å². The monoisotopic (exact) mass is 394 g/mol. The van der Waals surface area contributed by atoms with Crippen molar-refractivity contribution in [1.82, 2.24) is 19.7 Å². The van der Waals surface area contributed by atoms with Gasteiger partial charge >= 0.3 is 0 Å². The molecule has 142 valence electrons. The third kappa shape index (κ3) is 3.18. The minimum absolute atomic E-state index is 0.183. The van der Waals surface area contributed by atoms with Gasteiger partial charge in [0.25, 0.3) is 5.91 Å². The lowest BCUT2D eigenvalue weighted by Crippen LogP contribution is -2.27. The van der Waals surface area contributed by atoms with Crippen LogP contribution in [0.4, 0.5) is 4.39 Å². The van der Waals surface area contributed by atoms with Crippen LogP contribution in [-0.2, 0) is 13.6 Å². The van der Waals surface area contributed by atoms with Gasteiger partial charge in [-0.1, -0.05) is 24.3 Å². The van der Waals surface area contributed by atoms with E-state index in [1.54, 1.807) is 41.3 Å². The Kier molecular flexibility index (Phi) is 4.68. The van der Waals surface area contributed by atoms with Crippen molar-refractivity contribution in [3.05, 3.63) is 70.5 Å². The first kappa shape index (κ1) is 18.3. The molecular weight excluding hydrogens is 375 g/mol. The van der Waals surface area contributed by atoms with Gasteiger partial charge in [-0.2, -0.15) is 5.10 Å². The zero-order chi connectivity index (χ0) is 19.8. The third-order valence-electron chi connectivity index (χ3n) is 4.68. The Hall–Kier alpha value is -3.06. The second-order valence-electron chi connectivity index (χ2n) is 6.69. The van der Waals surface area contributed by atoms with Crippen molar-refractivity contribution in [2.45, 2.75) is 13.5 Å². The lowest BCUT2D eigenvalue weighted by Gasteiger charge is -2.19. The number of thiophene rings is 1. The average molecular weight is 394 g/mol. The zero-order valence-electron chi connectivity index (χ0n) is 15.8. The van der Waals surface area contributed by atoms with E-state index in [0.29, 0.717) is 16.8 Å². The molecule has 3 heterocycles. The molecular formula is C21H19FN4OS. The molecule has 0 radical (unpaired) electrons. The number of benzene rings is 1. The van der Waals surface area contributed by atoms with E-state index in [9.17, 15) is 9.18 Å². The average Bonchev–Trinajstić information content (AvgIpc) is 3.31. The van der Waals surface area contributed by atoms with Crippen LogP contribution in [0.3, 0.4) is 0 Å². The normalized spacial score (nSPS) is 11.1. The third-order valence-corrected chi connectivity index (χ3v) is 5.58. The summed E-state index contributed by atoms with van der Waals surface area (Å²) in [6, 6.07) is 12.2. The van der Waals surface area contributed by atoms with E-state index < -0.39 is 0 Å². The predicted octanol–water partition coefficient (Wildman–Crippen LogP) is 4.42. The second-order valence-corrected chi connectivity index (χ2v) is 7.64. The Labute approximate surface area is 166 Å². The maximum absolute atomic E-state index is 14.0. The molecule has 0 spiro atoms. The number of fused-ring (bicyclic) bond motifs is 1. The summed E-state index contributed by atoms with van der Waals surface area (Å²) in [6.07, 6.45) is 0. The fraction of sp³-hybridized carbons (Fsp3) is 0.190. The molecule has 0 atom stereocenters. The summed E-state index contributed by atoms with van der Waals surface area (Å²) in [6.45, 7) is 2.05. The largest absolute Gasteiger partial charge is 0.337 e. The fourth-order valence-electron chi connectivity index (χ4n) is 3.32. The summed E-state index contributed by atoms with van der Waals surface area (Å²) in [7, 11) is 3.50. The molecule has 1 aromatic carbocycles. The smallest absolute Gasteiger partial charge is 0.254 e. The number of nitrogens with zero attached hydrogens (tertiary/aromatic N) is 4. The van der Waals surface area contributed by atoms with Gasteiger partial charge in [-0.25, -0.2) is 9.37 Å². The van der Waals surface area contributed by atoms with Crippen molar-refractivity contribution >= 4 is 28.3 Å². The molecule has 0 aliphatic heterocycles. The molecule has 0 aliphatic rings. The predicted molar refractivity (Wildman–Crippen MR) is 109 cm³/mol. The Bertz CT molecular complexity index is 1170. The van der Waals surface area contributed by atoms with Crippen LogP contribution in [0.15, 0.2) is 47.8 Å². The summed E-state index contributed by atoms with van der Waals surface area (Å²) in [4.78, 5) is 20.5. The van der Waals surface area contributed by atoms with Crippen LogP contribution in [0.1, 0.15) is 21.6 Å². The van der Waals surface area contributed by atoms with E-state index >= 15 is 0 Å². The van der Waals surface area contributed by atoms with E-state index in [-0.39, 0.29) is 18.3 Å². The molecule has 0 unspecified atom stereocenters. The van der Waals surface area contributed by atoms with Crippen LogP contribution in [0.5, 0.6) is 0 Å². The Balaban J connectivity index is 1.80.